The van der Waals surface area contributed by atoms with Crippen LogP contribution in [0.3, 0.4) is 0 Å². The van der Waals surface area contributed by atoms with E-state index in [0.717, 1.165) is 31.5 Å². The van der Waals surface area contributed by atoms with E-state index in [0.29, 0.717) is 11.6 Å². The third-order valence-electron chi connectivity index (χ3n) is 4.51. The fourth-order valence-electron chi connectivity index (χ4n) is 2.88. The van der Waals surface area contributed by atoms with Gasteiger partial charge in [-0.3, -0.25) is 0 Å². The van der Waals surface area contributed by atoms with E-state index in [2.05, 4.69) is 24.2 Å². The van der Waals surface area contributed by atoms with Gasteiger partial charge in [-0.1, -0.05) is 6.92 Å². The van der Waals surface area contributed by atoms with Crippen LogP contribution in [0.1, 0.15) is 44.7 Å². The Balaban J connectivity index is 1.97. The van der Waals surface area contributed by atoms with Crippen LogP contribution >= 0.6 is 0 Å². The van der Waals surface area contributed by atoms with Crippen LogP contribution in [0.5, 0.6) is 0 Å². The zero-order chi connectivity index (χ0) is 15.4. The highest BCUT2D eigenvalue weighted by molar-refractivity contribution is 5.21. The van der Waals surface area contributed by atoms with Crippen LogP contribution in [-0.2, 0) is 0 Å². The van der Waals surface area contributed by atoms with E-state index >= 15 is 0 Å². The van der Waals surface area contributed by atoms with Crippen molar-refractivity contribution in [2.75, 3.05) is 20.1 Å². The third kappa shape index (κ3) is 4.75. The highest BCUT2D eigenvalue weighted by atomic mass is 19.1. The molecule has 0 heterocycles. The molecule has 0 spiro atoms. The molecule has 1 aromatic rings. The monoisotopic (exact) mass is 296 g/mol. The van der Waals surface area contributed by atoms with Crippen molar-refractivity contribution in [1.29, 1.82) is 0 Å². The maximum absolute atomic E-state index is 13.4. The predicted octanol–water partition coefficient (Wildman–Crippen LogP) is 3.74. The van der Waals surface area contributed by atoms with Crippen molar-refractivity contribution in [3.05, 3.63) is 35.4 Å². The van der Waals surface area contributed by atoms with Crippen molar-refractivity contribution in [3.8, 4) is 0 Å². The first kappa shape index (κ1) is 16.4. The van der Waals surface area contributed by atoms with Crippen molar-refractivity contribution in [2.45, 2.75) is 45.2 Å². The van der Waals surface area contributed by atoms with E-state index in [-0.39, 0.29) is 6.04 Å². The molecular weight excluding hydrogens is 270 g/mol. The van der Waals surface area contributed by atoms with Gasteiger partial charge in [0.1, 0.15) is 11.6 Å². The maximum atomic E-state index is 13.4. The molecule has 0 bridgehead atoms. The van der Waals surface area contributed by atoms with E-state index in [9.17, 15) is 8.78 Å². The van der Waals surface area contributed by atoms with Crippen molar-refractivity contribution in [2.24, 2.45) is 5.92 Å². The molecule has 0 radical (unpaired) electrons. The van der Waals surface area contributed by atoms with Crippen molar-refractivity contribution in [1.82, 2.24) is 10.2 Å². The Morgan fingerprint density at radius 3 is 2.38 bits per heavy atom. The van der Waals surface area contributed by atoms with Crippen LogP contribution in [0.25, 0.3) is 0 Å². The van der Waals surface area contributed by atoms with Crippen molar-refractivity contribution < 1.29 is 8.78 Å². The molecule has 0 amide bonds. The number of nitrogens with one attached hydrogen (secondary N) is 1. The van der Waals surface area contributed by atoms with Crippen molar-refractivity contribution >= 4 is 0 Å². The predicted molar refractivity (Wildman–Crippen MR) is 82.2 cm³/mol. The van der Waals surface area contributed by atoms with Gasteiger partial charge in [0, 0.05) is 18.2 Å². The molecular formula is C17H26F2N2. The average molecular weight is 296 g/mol. The Bertz CT molecular complexity index is 440. The van der Waals surface area contributed by atoms with Crippen LogP contribution < -0.4 is 5.32 Å². The summed E-state index contributed by atoms with van der Waals surface area (Å²) in [6.07, 6.45) is 3.51. The summed E-state index contributed by atoms with van der Waals surface area (Å²) in [4.78, 5) is 2.36. The third-order valence-corrected chi connectivity index (χ3v) is 4.51. The Labute approximate surface area is 126 Å². The normalized spacial score (nSPS) is 18.0. The van der Waals surface area contributed by atoms with E-state index in [1.54, 1.807) is 0 Å². The molecule has 1 aliphatic rings. The van der Waals surface area contributed by atoms with Gasteiger partial charge in [0.2, 0.25) is 0 Å². The summed E-state index contributed by atoms with van der Waals surface area (Å²) in [6, 6.07) is 4.38. The Morgan fingerprint density at radius 1 is 1.24 bits per heavy atom. The summed E-state index contributed by atoms with van der Waals surface area (Å²) in [5.74, 6) is -0.181. The fourth-order valence-corrected chi connectivity index (χ4v) is 2.88. The maximum Gasteiger partial charge on any atom is 0.126 e. The van der Waals surface area contributed by atoms with Gasteiger partial charge in [0.05, 0.1) is 0 Å². The first-order chi connectivity index (χ1) is 10.0. The van der Waals surface area contributed by atoms with Gasteiger partial charge in [0.25, 0.3) is 0 Å². The molecule has 1 aliphatic carbocycles. The van der Waals surface area contributed by atoms with Crippen LogP contribution in [0.15, 0.2) is 18.2 Å². The quantitative estimate of drug-likeness (QED) is 0.786. The number of benzene rings is 1. The summed E-state index contributed by atoms with van der Waals surface area (Å²) >= 11 is 0. The van der Waals surface area contributed by atoms with Gasteiger partial charge in [-0.25, -0.2) is 8.78 Å². The van der Waals surface area contributed by atoms with Crippen LogP contribution in [0.2, 0.25) is 0 Å². The highest BCUT2D eigenvalue weighted by Crippen LogP contribution is 2.34. The molecule has 4 heteroatoms. The molecule has 21 heavy (non-hydrogen) atoms. The van der Waals surface area contributed by atoms with Gasteiger partial charge in [-0.05, 0) is 69.9 Å². The average Bonchev–Trinajstić information content (AvgIpc) is 3.25. The zero-order valence-electron chi connectivity index (χ0n) is 13.2. The van der Waals surface area contributed by atoms with E-state index in [1.165, 1.54) is 25.0 Å². The lowest BCUT2D eigenvalue weighted by Gasteiger charge is -2.27. The summed E-state index contributed by atoms with van der Waals surface area (Å²) in [5.41, 5.74) is 0.696. The second kappa shape index (κ2) is 7.32. The first-order valence-electron chi connectivity index (χ1n) is 7.91. The van der Waals surface area contributed by atoms with Crippen LogP contribution in [-0.4, -0.2) is 31.1 Å². The minimum Gasteiger partial charge on any atom is -0.310 e. The molecule has 2 atom stereocenters. The molecule has 0 aliphatic heterocycles. The molecule has 1 aromatic carbocycles. The second-order valence-corrected chi connectivity index (χ2v) is 6.16. The van der Waals surface area contributed by atoms with Gasteiger partial charge in [-0.15, -0.1) is 0 Å². The summed E-state index contributed by atoms with van der Waals surface area (Å²) < 4.78 is 26.8. The van der Waals surface area contributed by atoms with Gasteiger partial charge in [-0.2, -0.15) is 0 Å². The lowest BCUT2D eigenvalue weighted by Crippen LogP contribution is -2.34. The number of hydrogen-bond acceptors (Lipinski definition) is 2. The first-order valence-corrected chi connectivity index (χ1v) is 7.91. The molecule has 1 fully saturated rings. The Kier molecular flexibility index (Phi) is 5.71. The van der Waals surface area contributed by atoms with Gasteiger partial charge < -0.3 is 10.2 Å². The molecule has 2 unspecified atom stereocenters. The summed E-state index contributed by atoms with van der Waals surface area (Å²) in [7, 11) is 2.14. The SMILES string of the molecule is CCNC(CCN(C)C(C)C1CC1)c1cc(F)cc(F)c1. The van der Waals surface area contributed by atoms with Crippen LogP contribution in [0, 0.1) is 17.6 Å². The fraction of sp³-hybridized carbons (Fsp3) is 0.647. The highest BCUT2D eigenvalue weighted by Gasteiger charge is 2.30. The number of rotatable bonds is 8. The lowest BCUT2D eigenvalue weighted by molar-refractivity contribution is 0.222. The molecule has 2 nitrogen and oxygen atoms in total. The minimum absolute atomic E-state index is 0.00551. The molecule has 2 rings (SSSR count). The second-order valence-electron chi connectivity index (χ2n) is 6.16. The topological polar surface area (TPSA) is 15.3 Å². The Hall–Kier alpha value is -1.00. The Morgan fingerprint density at radius 2 is 1.86 bits per heavy atom. The minimum atomic E-state index is -0.507. The molecule has 118 valence electrons. The largest absolute Gasteiger partial charge is 0.310 e. The van der Waals surface area contributed by atoms with E-state index in [1.807, 2.05) is 6.92 Å². The molecule has 1 saturated carbocycles. The van der Waals surface area contributed by atoms with E-state index in [4.69, 9.17) is 0 Å². The molecule has 1 N–H and O–H groups in total. The number of halogens is 2. The standard InChI is InChI=1S/C17H26F2N2/c1-4-20-17(14-9-15(18)11-16(19)10-14)7-8-21(3)12(2)13-5-6-13/h9-13,17,20H,4-8H2,1-3H3. The summed E-state index contributed by atoms with van der Waals surface area (Å²) in [5, 5.41) is 3.33. The smallest absolute Gasteiger partial charge is 0.126 e. The van der Waals surface area contributed by atoms with Crippen LogP contribution in [0.4, 0.5) is 8.78 Å². The summed E-state index contributed by atoms with van der Waals surface area (Å²) in [6.45, 7) is 5.99. The zero-order valence-corrected chi connectivity index (χ0v) is 13.2. The van der Waals surface area contributed by atoms with Gasteiger partial charge >= 0.3 is 0 Å². The number of nitrogens with zero attached hydrogens (tertiary/aromatic N) is 1. The molecule has 0 saturated heterocycles. The number of hydrogen-bond donors (Lipinski definition) is 1. The van der Waals surface area contributed by atoms with Gasteiger partial charge in [0.15, 0.2) is 0 Å². The van der Waals surface area contributed by atoms with Crippen molar-refractivity contribution in [3.63, 3.8) is 0 Å². The lowest BCUT2D eigenvalue weighted by atomic mass is 10.0. The molecule has 0 aromatic heterocycles. The van der Waals surface area contributed by atoms with E-state index < -0.39 is 11.6 Å².